The number of hydrogen-bond donors (Lipinski definition) is 2. The van der Waals surface area contributed by atoms with Crippen LogP contribution in [0.15, 0.2) is 32.0 Å². The van der Waals surface area contributed by atoms with Crippen molar-refractivity contribution in [2.75, 3.05) is 11.9 Å². The Hall–Kier alpha value is -0.920. The van der Waals surface area contributed by atoms with Gasteiger partial charge < -0.3 is 10.6 Å². The minimum atomic E-state index is -3.60. The van der Waals surface area contributed by atoms with Crippen LogP contribution in [0.2, 0.25) is 0 Å². The van der Waals surface area contributed by atoms with Crippen molar-refractivity contribution in [1.82, 2.24) is 5.32 Å². The molecule has 0 unspecified atom stereocenters. The van der Waals surface area contributed by atoms with Crippen LogP contribution in [0.25, 0.3) is 0 Å². The molecule has 0 saturated carbocycles. The molecular formula is C11H12BrN3O2S. The van der Waals surface area contributed by atoms with Gasteiger partial charge in [0.15, 0.2) is 0 Å². The SMILES string of the molecule is O=S1(=O)N=C([C@@H]2CCCN2)Nc2ccc(Br)cc21. The van der Waals surface area contributed by atoms with Crippen molar-refractivity contribution in [2.45, 2.75) is 23.8 Å². The summed E-state index contributed by atoms with van der Waals surface area (Å²) < 4.78 is 28.8. The normalized spacial score (nSPS) is 25.2. The summed E-state index contributed by atoms with van der Waals surface area (Å²) in [6, 6.07) is 5.14. The Morgan fingerprint density at radius 3 is 2.94 bits per heavy atom. The third-order valence-electron chi connectivity index (χ3n) is 3.09. The molecule has 96 valence electrons. The fourth-order valence-electron chi connectivity index (χ4n) is 2.22. The van der Waals surface area contributed by atoms with Crippen LogP contribution >= 0.6 is 15.9 Å². The fraction of sp³-hybridized carbons (Fsp3) is 0.364. The van der Waals surface area contributed by atoms with Gasteiger partial charge in [0, 0.05) is 4.47 Å². The highest BCUT2D eigenvalue weighted by Gasteiger charge is 2.30. The lowest BCUT2D eigenvalue weighted by atomic mass is 10.2. The molecular weight excluding hydrogens is 318 g/mol. The standard InChI is InChI=1S/C11H12BrN3O2S/c12-7-3-4-8-10(6-7)18(16,17)15-11(14-8)9-2-1-5-13-9/h3-4,6,9,13H,1-2,5H2,(H,14,15)/t9-/m0/s1. The van der Waals surface area contributed by atoms with Crippen molar-refractivity contribution < 1.29 is 8.42 Å². The predicted octanol–water partition coefficient (Wildman–Crippen LogP) is 1.71. The van der Waals surface area contributed by atoms with Gasteiger partial charge >= 0.3 is 0 Å². The zero-order valence-electron chi connectivity index (χ0n) is 9.48. The van der Waals surface area contributed by atoms with Gasteiger partial charge in [-0.05, 0) is 37.6 Å². The number of nitrogens with zero attached hydrogens (tertiary/aromatic N) is 1. The number of amidine groups is 1. The fourth-order valence-corrected chi connectivity index (χ4v) is 3.94. The van der Waals surface area contributed by atoms with Gasteiger partial charge in [-0.3, -0.25) is 0 Å². The Morgan fingerprint density at radius 1 is 1.39 bits per heavy atom. The molecule has 2 aliphatic rings. The van der Waals surface area contributed by atoms with E-state index in [0.29, 0.717) is 11.5 Å². The monoisotopic (exact) mass is 329 g/mol. The van der Waals surface area contributed by atoms with Gasteiger partial charge in [-0.1, -0.05) is 15.9 Å². The average Bonchev–Trinajstić information content (AvgIpc) is 2.83. The smallest absolute Gasteiger partial charge is 0.286 e. The van der Waals surface area contributed by atoms with Crippen molar-refractivity contribution in [3.05, 3.63) is 22.7 Å². The summed E-state index contributed by atoms with van der Waals surface area (Å²) in [7, 11) is -3.60. The largest absolute Gasteiger partial charge is 0.341 e. The highest BCUT2D eigenvalue weighted by Crippen LogP contribution is 2.31. The number of hydrogen-bond acceptors (Lipinski definition) is 4. The van der Waals surface area contributed by atoms with Crippen LogP contribution in [-0.4, -0.2) is 26.8 Å². The molecule has 1 fully saturated rings. The summed E-state index contributed by atoms with van der Waals surface area (Å²) in [6.45, 7) is 0.901. The van der Waals surface area contributed by atoms with Crippen LogP contribution in [0.1, 0.15) is 12.8 Å². The summed E-state index contributed by atoms with van der Waals surface area (Å²) in [6.07, 6.45) is 1.95. The van der Waals surface area contributed by atoms with E-state index < -0.39 is 10.0 Å². The predicted molar refractivity (Wildman–Crippen MR) is 73.4 cm³/mol. The summed E-state index contributed by atoms with van der Waals surface area (Å²) in [5.74, 6) is 0.502. The molecule has 0 bridgehead atoms. The second kappa shape index (κ2) is 4.32. The van der Waals surface area contributed by atoms with E-state index in [1.807, 2.05) is 6.07 Å². The van der Waals surface area contributed by atoms with Crippen LogP contribution in [0.4, 0.5) is 5.69 Å². The molecule has 18 heavy (non-hydrogen) atoms. The number of rotatable bonds is 1. The zero-order chi connectivity index (χ0) is 12.8. The number of anilines is 1. The van der Waals surface area contributed by atoms with Crippen molar-refractivity contribution in [3.63, 3.8) is 0 Å². The lowest BCUT2D eigenvalue weighted by Gasteiger charge is -2.22. The molecule has 1 aromatic rings. The molecule has 1 aromatic carbocycles. The van der Waals surface area contributed by atoms with Gasteiger partial charge in [0.1, 0.15) is 10.7 Å². The molecule has 3 rings (SSSR count). The van der Waals surface area contributed by atoms with E-state index in [9.17, 15) is 8.42 Å². The summed E-state index contributed by atoms with van der Waals surface area (Å²) in [5, 5.41) is 6.35. The molecule has 5 nitrogen and oxygen atoms in total. The molecule has 0 amide bonds. The molecule has 0 aromatic heterocycles. The first kappa shape index (κ1) is 12.1. The summed E-state index contributed by atoms with van der Waals surface area (Å²) >= 11 is 3.27. The average molecular weight is 330 g/mol. The Kier molecular flexibility index (Phi) is 2.91. The summed E-state index contributed by atoms with van der Waals surface area (Å²) in [4.78, 5) is 0.221. The Bertz CT molecular complexity index is 621. The molecule has 0 aliphatic carbocycles. The van der Waals surface area contributed by atoms with Crippen molar-refractivity contribution in [2.24, 2.45) is 4.40 Å². The van der Waals surface area contributed by atoms with Gasteiger partial charge in [0.05, 0.1) is 11.7 Å². The zero-order valence-corrected chi connectivity index (χ0v) is 11.9. The van der Waals surface area contributed by atoms with E-state index in [1.165, 1.54) is 0 Å². The maximum Gasteiger partial charge on any atom is 0.286 e. The number of sulfonamides is 1. The highest BCUT2D eigenvalue weighted by atomic mass is 79.9. The number of fused-ring (bicyclic) bond motifs is 1. The first-order valence-electron chi connectivity index (χ1n) is 5.71. The molecule has 1 saturated heterocycles. The van der Waals surface area contributed by atoms with Crippen molar-refractivity contribution in [1.29, 1.82) is 0 Å². The van der Waals surface area contributed by atoms with Gasteiger partial charge in [-0.2, -0.15) is 8.42 Å². The minimum Gasteiger partial charge on any atom is -0.341 e. The first-order valence-corrected chi connectivity index (χ1v) is 7.94. The lowest BCUT2D eigenvalue weighted by molar-refractivity contribution is 0.597. The third kappa shape index (κ3) is 2.06. The van der Waals surface area contributed by atoms with Crippen LogP contribution < -0.4 is 10.6 Å². The quantitative estimate of drug-likeness (QED) is 0.822. The lowest BCUT2D eigenvalue weighted by Crippen LogP contribution is -2.38. The molecule has 2 aliphatic heterocycles. The van der Waals surface area contributed by atoms with E-state index in [1.54, 1.807) is 12.1 Å². The van der Waals surface area contributed by atoms with Crippen LogP contribution in [-0.2, 0) is 10.0 Å². The van der Waals surface area contributed by atoms with E-state index in [2.05, 4.69) is 31.0 Å². The maximum atomic E-state index is 12.1. The molecule has 1 atom stereocenters. The van der Waals surface area contributed by atoms with Gasteiger partial charge in [0.25, 0.3) is 10.0 Å². The minimum absolute atomic E-state index is 0.0107. The second-order valence-corrected chi connectivity index (χ2v) is 6.85. The van der Waals surface area contributed by atoms with Crippen LogP contribution in [0.3, 0.4) is 0 Å². The first-order chi connectivity index (χ1) is 8.56. The maximum absolute atomic E-state index is 12.1. The molecule has 7 heteroatoms. The summed E-state index contributed by atoms with van der Waals surface area (Å²) in [5.41, 5.74) is 0.594. The molecule has 2 heterocycles. The van der Waals surface area contributed by atoms with E-state index in [0.717, 1.165) is 23.9 Å². The van der Waals surface area contributed by atoms with Crippen molar-refractivity contribution in [3.8, 4) is 0 Å². The topological polar surface area (TPSA) is 70.6 Å². The highest BCUT2D eigenvalue weighted by molar-refractivity contribution is 9.10. The number of halogens is 1. The Morgan fingerprint density at radius 2 is 2.22 bits per heavy atom. The van der Waals surface area contributed by atoms with E-state index in [4.69, 9.17) is 0 Å². The molecule has 0 radical (unpaired) electrons. The van der Waals surface area contributed by atoms with E-state index >= 15 is 0 Å². The molecule has 0 spiro atoms. The van der Waals surface area contributed by atoms with Gasteiger partial charge in [0.2, 0.25) is 0 Å². The third-order valence-corrected chi connectivity index (χ3v) is 4.92. The Balaban J connectivity index is 2.05. The second-order valence-electron chi connectivity index (χ2n) is 4.37. The number of benzene rings is 1. The van der Waals surface area contributed by atoms with E-state index in [-0.39, 0.29) is 10.9 Å². The van der Waals surface area contributed by atoms with Gasteiger partial charge in [-0.15, -0.1) is 4.40 Å². The van der Waals surface area contributed by atoms with Crippen LogP contribution in [0.5, 0.6) is 0 Å². The molecule has 2 N–H and O–H groups in total. The Labute approximate surface area is 114 Å². The van der Waals surface area contributed by atoms with Gasteiger partial charge in [-0.25, -0.2) is 0 Å². The van der Waals surface area contributed by atoms with Crippen LogP contribution in [0, 0.1) is 0 Å². The number of nitrogens with one attached hydrogen (secondary N) is 2. The van der Waals surface area contributed by atoms with Crippen molar-refractivity contribution >= 4 is 37.5 Å².